The Morgan fingerprint density at radius 1 is 0.972 bits per heavy atom. The van der Waals surface area contributed by atoms with Crippen molar-refractivity contribution in [1.29, 1.82) is 0 Å². The summed E-state index contributed by atoms with van der Waals surface area (Å²) in [4.78, 5) is 34.8. The zero-order chi connectivity index (χ0) is 24.9. The Labute approximate surface area is 210 Å². The van der Waals surface area contributed by atoms with Crippen LogP contribution in [0.15, 0.2) is 78.9 Å². The van der Waals surface area contributed by atoms with Crippen LogP contribution in [0.3, 0.4) is 0 Å². The molecule has 1 aromatic heterocycles. The van der Waals surface area contributed by atoms with Gasteiger partial charge >= 0.3 is 0 Å². The molecule has 0 radical (unpaired) electrons. The molecule has 6 heteroatoms. The van der Waals surface area contributed by atoms with E-state index in [9.17, 15) is 9.59 Å². The third kappa shape index (κ3) is 3.40. The Kier molecular flexibility index (Phi) is 5.32. The van der Waals surface area contributed by atoms with Crippen molar-refractivity contribution >= 4 is 22.7 Å². The molecule has 3 heterocycles. The standard InChI is InChI=1S/C30H29N3O3/c1-30-28-27(23-10-6-7-11-25(23)31-28)24(21-12-14-22(36-2)15-13-21)18-33(30)26(34)19-32(29(30)35)17-16-20-8-4-3-5-9-20/h3-15,24,31H,16-19H2,1-2H3. The molecular weight excluding hydrogens is 450 g/mol. The Morgan fingerprint density at radius 2 is 1.69 bits per heavy atom. The highest BCUT2D eigenvalue weighted by atomic mass is 16.5. The quantitative estimate of drug-likeness (QED) is 0.460. The van der Waals surface area contributed by atoms with Crippen LogP contribution in [0.5, 0.6) is 5.75 Å². The van der Waals surface area contributed by atoms with Gasteiger partial charge in [0.25, 0.3) is 5.91 Å². The number of carbonyl (C=O) groups is 2. The molecule has 1 N–H and O–H groups in total. The predicted octanol–water partition coefficient (Wildman–Crippen LogP) is 4.45. The maximum absolute atomic E-state index is 14.1. The van der Waals surface area contributed by atoms with Gasteiger partial charge in [-0.25, -0.2) is 0 Å². The molecule has 182 valence electrons. The summed E-state index contributed by atoms with van der Waals surface area (Å²) in [5.74, 6) is 0.687. The smallest absolute Gasteiger partial charge is 0.254 e. The Bertz CT molecular complexity index is 1440. The monoisotopic (exact) mass is 479 g/mol. The molecular formula is C30H29N3O3. The van der Waals surface area contributed by atoms with Crippen molar-refractivity contribution in [2.75, 3.05) is 26.7 Å². The third-order valence-electron chi connectivity index (χ3n) is 7.85. The molecule has 0 saturated carbocycles. The lowest BCUT2D eigenvalue weighted by atomic mass is 9.76. The number of piperazine rings is 1. The summed E-state index contributed by atoms with van der Waals surface area (Å²) in [6.45, 7) is 2.97. The van der Waals surface area contributed by atoms with E-state index in [0.29, 0.717) is 19.5 Å². The van der Waals surface area contributed by atoms with Crippen LogP contribution in [0, 0.1) is 0 Å². The highest BCUT2D eigenvalue weighted by Gasteiger charge is 2.56. The number of fused-ring (bicyclic) bond motifs is 5. The maximum Gasteiger partial charge on any atom is 0.254 e. The Hall–Kier alpha value is -4.06. The van der Waals surface area contributed by atoms with Gasteiger partial charge in [0.05, 0.1) is 19.3 Å². The number of carbonyl (C=O) groups excluding carboxylic acids is 2. The summed E-state index contributed by atoms with van der Waals surface area (Å²) in [7, 11) is 1.65. The fraction of sp³-hybridized carbons (Fsp3) is 0.267. The second-order valence-corrected chi connectivity index (χ2v) is 9.82. The van der Waals surface area contributed by atoms with Gasteiger partial charge < -0.3 is 19.5 Å². The molecule has 2 atom stereocenters. The molecule has 6 rings (SSSR count). The average Bonchev–Trinajstić information content (AvgIpc) is 3.32. The first-order chi connectivity index (χ1) is 17.5. The van der Waals surface area contributed by atoms with Gasteiger partial charge in [-0.1, -0.05) is 60.7 Å². The van der Waals surface area contributed by atoms with Crippen LogP contribution in [0.4, 0.5) is 0 Å². The van der Waals surface area contributed by atoms with Gasteiger partial charge in [-0.3, -0.25) is 9.59 Å². The van der Waals surface area contributed by atoms with Gasteiger partial charge in [0.2, 0.25) is 5.91 Å². The molecule has 36 heavy (non-hydrogen) atoms. The Morgan fingerprint density at radius 3 is 2.44 bits per heavy atom. The molecule has 4 aromatic rings. The van der Waals surface area contributed by atoms with Crippen LogP contribution in [-0.2, 0) is 21.5 Å². The number of para-hydroxylation sites is 1. The molecule has 0 aliphatic carbocycles. The largest absolute Gasteiger partial charge is 0.497 e. The van der Waals surface area contributed by atoms with E-state index in [-0.39, 0.29) is 24.3 Å². The van der Waals surface area contributed by atoms with E-state index in [2.05, 4.69) is 35.3 Å². The van der Waals surface area contributed by atoms with E-state index in [0.717, 1.165) is 39.0 Å². The van der Waals surface area contributed by atoms with E-state index in [1.165, 1.54) is 0 Å². The molecule has 1 fully saturated rings. The molecule has 2 amide bonds. The lowest BCUT2D eigenvalue weighted by molar-refractivity contribution is -0.166. The molecule has 3 aromatic carbocycles. The van der Waals surface area contributed by atoms with Gasteiger partial charge in [-0.15, -0.1) is 0 Å². The highest BCUT2D eigenvalue weighted by Crippen LogP contribution is 2.48. The summed E-state index contributed by atoms with van der Waals surface area (Å²) in [5.41, 5.74) is 4.06. The van der Waals surface area contributed by atoms with E-state index in [1.54, 1.807) is 16.9 Å². The van der Waals surface area contributed by atoms with Crippen LogP contribution in [0.1, 0.15) is 35.2 Å². The molecule has 2 unspecified atom stereocenters. The van der Waals surface area contributed by atoms with Crippen LogP contribution in [0.25, 0.3) is 10.9 Å². The van der Waals surface area contributed by atoms with Crippen molar-refractivity contribution in [2.24, 2.45) is 0 Å². The summed E-state index contributed by atoms with van der Waals surface area (Å²) in [6, 6.07) is 26.3. The van der Waals surface area contributed by atoms with Crippen LogP contribution in [0.2, 0.25) is 0 Å². The third-order valence-corrected chi connectivity index (χ3v) is 7.85. The number of nitrogens with one attached hydrogen (secondary N) is 1. The first kappa shape index (κ1) is 22.4. The summed E-state index contributed by atoms with van der Waals surface area (Å²) in [6.07, 6.45) is 0.712. The number of ether oxygens (including phenoxy) is 1. The summed E-state index contributed by atoms with van der Waals surface area (Å²) >= 11 is 0. The van der Waals surface area contributed by atoms with Crippen LogP contribution < -0.4 is 4.74 Å². The number of aromatic amines is 1. The summed E-state index contributed by atoms with van der Waals surface area (Å²) in [5, 5.41) is 1.09. The van der Waals surface area contributed by atoms with Crippen molar-refractivity contribution in [3.05, 3.63) is 101 Å². The first-order valence-corrected chi connectivity index (χ1v) is 12.4. The fourth-order valence-electron chi connectivity index (χ4n) is 5.90. The number of H-pyrrole nitrogens is 1. The molecule has 6 nitrogen and oxygen atoms in total. The number of hydrogen-bond acceptors (Lipinski definition) is 3. The van der Waals surface area contributed by atoms with Crippen molar-refractivity contribution < 1.29 is 14.3 Å². The number of amides is 2. The normalized spacial score (nSPS) is 21.4. The number of benzene rings is 3. The van der Waals surface area contributed by atoms with Gasteiger partial charge in [-0.2, -0.15) is 0 Å². The van der Waals surface area contributed by atoms with Crippen molar-refractivity contribution in [1.82, 2.24) is 14.8 Å². The van der Waals surface area contributed by atoms with Gasteiger partial charge in [0.1, 0.15) is 5.75 Å². The summed E-state index contributed by atoms with van der Waals surface area (Å²) < 4.78 is 5.36. The molecule has 1 saturated heterocycles. The van der Waals surface area contributed by atoms with Gasteiger partial charge in [-0.05, 0) is 48.2 Å². The highest BCUT2D eigenvalue weighted by molar-refractivity contribution is 6.01. The van der Waals surface area contributed by atoms with E-state index in [1.807, 2.05) is 55.5 Å². The number of aromatic nitrogens is 1. The minimum Gasteiger partial charge on any atom is -0.497 e. The topological polar surface area (TPSA) is 65.6 Å². The molecule has 0 bridgehead atoms. The van der Waals surface area contributed by atoms with E-state index < -0.39 is 5.54 Å². The number of methoxy groups -OCH3 is 1. The second-order valence-electron chi connectivity index (χ2n) is 9.82. The zero-order valence-corrected chi connectivity index (χ0v) is 20.5. The fourth-order valence-corrected chi connectivity index (χ4v) is 5.90. The first-order valence-electron chi connectivity index (χ1n) is 12.4. The lowest BCUT2D eigenvalue weighted by Crippen LogP contribution is -2.67. The molecule has 2 aliphatic heterocycles. The molecule has 2 aliphatic rings. The van der Waals surface area contributed by atoms with Crippen LogP contribution >= 0.6 is 0 Å². The lowest BCUT2D eigenvalue weighted by Gasteiger charge is -2.51. The van der Waals surface area contributed by atoms with Crippen molar-refractivity contribution in [3.8, 4) is 5.75 Å². The number of hydrogen-bond donors (Lipinski definition) is 1. The van der Waals surface area contributed by atoms with Crippen LogP contribution in [-0.4, -0.2) is 53.3 Å². The Balaban J connectivity index is 1.44. The minimum absolute atomic E-state index is 0.0204. The SMILES string of the molecule is COc1ccc(C2CN3C(=O)CN(CCc4ccccc4)C(=O)C3(C)c3[nH]c4ccccc4c32)cc1. The van der Waals surface area contributed by atoms with E-state index in [4.69, 9.17) is 4.74 Å². The maximum atomic E-state index is 14.1. The van der Waals surface area contributed by atoms with Crippen molar-refractivity contribution in [3.63, 3.8) is 0 Å². The minimum atomic E-state index is -1.08. The van der Waals surface area contributed by atoms with Gasteiger partial charge in [0.15, 0.2) is 5.54 Å². The average molecular weight is 480 g/mol. The zero-order valence-electron chi connectivity index (χ0n) is 20.5. The predicted molar refractivity (Wildman–Crippen MR) is 139 cm³/mol. The van der Waals surface area contributed by atoms with Crippen molar-refractivity contribution in [2.45, 2.75) is 24.8 Å². The molecule has 0 spiro atoms. The number of rotatable bonds is 5. The second kappa shape index (κ2) is 8.55. The number of nitrogens with zero attached hydrogens (tertiary/aromatic N) is 2. The van der Waals surface area contributed by atoms with Gasteiger partial charge in [0, 0.05) is 29.9 Å². The van der Waals surface area contributed by atoms with E-state index >= 15 is 0 Å².